The molecule has 0 aromatic carbocycles. The van der Waals surface area contributed by atoms with E-state index in [1.54, 1.807) is 17.8 Å². The van der Waals surface area contributed by atoms with E-state index in [0.717, 1.165) is 16.8 Å². The van der Waals surface area contributed by atoms with Crippen molar-refractivity contribution >= 4 is 11.5 Å². The molecule has 0 atom stereocenters. The lowest BCUT2D eigenvalue weighted by atomic mass is 10.1. The van der Waals surface area contributed by atoms with Crippen LogP contribution in [0.2, 0.25) is 0 Å². The van der Waals surface area contributed by atoms with E-state index in [1.165, 1.54) is 0 Å². The Morgan fingerprint density at radius 1 is 1.60 bits per heavy atom. The quantitative estimate of drug-likeness (QED) is 0.644. The third-order valence-corrected chi connectivity index (χ3v) is 2.28. The van der Waals surface area contributed by atoms with Crippen LogP contribution in [0.3, 0.4) is 0 Å². The smallest absolute Gasteiger partial charge is 0.110 e. The zero-order chi connectivity index (χ0) is 11.0. The van der Waals surface area contributed by atoms with Gasteiger partial charge in [0.05, 0.1) is 5.69 Å². The molecule has 0 spiro atoms. The molecular formula is C10H13N5. The highest BCUT2D eigenvalue weighted by atomic mass is 15.2. The molecule has 15 heavy (non-hydrogen) atoms. The van der Waals surface area contributed by atoms with Crippen LogP contribution >= 0.6 is 0 Å². The second-order valence-corrected chi connectivity index (χ2v) is 3.49. The number of nitrogens with one attached hydrogen (secondary N) is 2. The van der Waals surface area contributed by atoms with Crippen molar-refractivity contribution in [2.75, 3.05) is 5.73 Å². The first kappa shape index (κ1) is 9.51. The van der Waals surface area contributed by atoms with Gasteiger partial charge in [-0.15, -0.1) is 0 Å². The molecule has 0 aliphatic heterocycles. The standard InChI is InChI=1S/C10H13N5/c1-6(11)9-7(5-13-10(9)12)8-3-4-15(2)14-8/h3-5,11,13H,12H2,1-2H3. The third kappa shape index (κ3) is 1.52. The molecule has 0 radical (unpaired) electrons. The molecule has 0 aliphatic rings. The van der Waals surface area contributed by atoms with E-state index in [0.29, 0.717) is 11.5 Å². The monoisotopic (exact) mass is 203 g/mol. The lowest BCUT2D eigenvalue weighted by Gasteiger charge is -1.99. The van der Waals surface area contributed by atoms with Crippen LogP contribution in [0.1, 0.15) is 12.5 Å². The van der Waals surface area contributed by atoms with Crippen LogP contribution in [0.5, 0.6) is 0 Å². The minimum Gasteiger partial charge on any atom is -0.385 e. The number of aromatic nitrogens is 3. The van der Waals surface area contributed by atoms with E-state index in [-0.39, 0.29) is 0 Å². The maximum atomic E-state index is 7.66. The molecule has 2 aromatic rings. The van der Waals surface area contributed by atoms with Crippen LogP contribution in [0.4, 0.5) is 5.82 Å². The first-order chi connectivity index (χ1) is 7.09. The summed E-state index contributed by atoms with van der Waals surface area (Å²) in [7, 11) is 1.86. The number of aromatic amines is 1. The second-order valence-electron chi connectivity index (χ2n) is 3.49. The maximum absolute atomic E-state index is 7.66. The van der Waals surface area contributed by atoms with Gasteiger partial charge >= 0.3 is 0 Å². The van der Waals surface area contributed by atoms with Gasteiger partial charge in [0.2, 0.25) is 0 Å². The number of anilines is 1. The van der Waals surface area contributed by atoms with Crippen LogP contribution in [0, 0.1) is 5.41 Å². The lowest BCUT2D eigenvalue weighted by Crippen LogP contribution is -1.99. The summed E-state index contributed by atoms with van der Waals surface area (Å²) in [6.45, 7) is 1.71. The Morgan fingerprint density at radius 2 is 2.33 bits per heavy atom. The number of aryl methyl sites for hydroxylation is 1. The van der Waals surface area contributed by atoms with Crippen molar-refractivity contribution < 1.29 is 0 Å². The second kappa shape index (κ2) is 3.27. The fourth-order valence-corrected chi connectivity index (χ4v) is 1.60. The normalized spacial score (nSPS) is 10.5. The van der Waals surface area contributed by atoms with Crippen LogP contribution in [0.25, 0.3) is 11.3 Å². The molecule has 0 fully saturated rings. The summed E-state index contributed by atoms with van der Waals surface area (Å²) in [6, 6.07) is 1.90. The van der Waals surface area contributed by atoms with E-state index in [1.807, 2.05) is 19.3 Å². The van der Waals surface area contributed by atoms with Crippen LogP contribution < -0.4 is 5.73 Å². The number of rotatable bonds is 2. The van der Waals surface area contributed by atoms with Crippen molar-refractivity contribution in [3.05, 3.63) is 24.0 Å². The van der Waals surface area contributed by atoms with Gasteiger partial charge in [-0.2, -0.15) is 5.10 Å². The van der Waals surface area contributed by atoms with Gasteiger partial charge in [-0.3, -0.25) is 4.68 Å². The predicted octanol–water partition coefficient (Wildman–Crippen LogP) is 1.39. The Morgan fingerprint density at radius 3 is 2.87 bits per heavy atom. The van der Waals surface area contributed by atoms with Gasteiger partial charge in [0.1, 0.15) is 5.82 Å². The summed E-state index contributed by atoms with van der Waals surface area (Å²) in [5, 5.41) is 11.9. The fourth-order valence-electron chi connectivity index (χ4n) is 1.60. The van der Waals surface area contributed by atoms with Crippen molar-refractivity contribution in [2.45, 2.75) is 6.92 Å². The Kier molecular flexibility index (Phi) is 2.07. The first-order valence-corrected chi connectivity index (χ1v) is 4.62. The summed E-state index contributed by atoms with van der Waals surface area (Å²) in [5.41, 5.74) is 8.63. The minimum absolute atomic E-state index is 0.439. The lowest BCUT2D eigenvalue weighted by molar-refractivity contribution is 0.771. The van der Waals surface area contributed by atoms with Gasteiger partial charge in [-0.25, -0.2) is 0 Å². The molecule has 5 nitrogen and oxygen atoms in total. The topological polar surface area (TPSA) is 83.5 Å². The number of nitrogens with two attached hydrogens (primary N) is 1. The van der Waals surface area contributed by atoms with Gasteiger partial charge in [0.25, 0.3) is 0 Å². The summed E-state index contributed by atoms with van der Waals surface area (Å²) < 4.78 is 1.72. The van der Waals surface area contributed by atoms with Gasteiger partial charge in [-0.1, -0.05) is 0 Å². The molecule has 0 bridgehead atoms. The zero-order valence-corrected chi connectivity index (χ0v) is 8.70. The summed E-state index contributed by atoms with van der Waals surface area (Å²) in [4.78, 5) is 2.91. The van der Waals surface area contributed by atoms with Gasteiger partial charge in [-0.05, 0) is 13.0 Å². The molecule has 0 unspecified atom stereocenters. The third-order valence-electron chi connectivity index (χ3n) is 2.28. The van der Waals surface area contributed by atoms with E-state index >= 15 is 0 Å². The SMILES string of the molecule is CC(=N)c1c(-c2ccn(C)n2)c[nH]c1N. The molecule has 0 saturated carbocycles. The summed E-state index contributed by atoms with van der Waals surface area (Å²) >= 11 is 0. The average Bonchev–Trinajstić information content (AvgIpc) is 2.71. The number of nitrogen functional groups attached to an aromatic ring is 1. The Labute approximate surface area is 87.4 Å². The predicted molar refractivity (Wildman–Crippen MR) is 59.9 cm³/mol. The molecule has 0 saturated heterocycles. The number of hydrogen-bond acceptors (Lipinski definition) is 3. The highest BCUT2D eigenvalue weighted by molar-refractivity contribution is 6.06. The van der Waals surface area contributed by atoms with Gasteiger partial charge < -0.3 is 16.1 Å². The van der Waals surface area contributed by atoms with Crippen molar-refractivity contribution in [1.82, 2.24) is 14.8 Å². The van der Waals surface area contributed by atoms with E-state index in [4.69, 9.17) is 11.1 Å². The van der Waals surface area contributed by atoms with Gasteiger partial charge in [0, 0.05) is 36.3 Å². The summed E-state index contributed by atoms with van der Waals surface area (Å²) in [5.74, 6) is 0.517. The molecule has 0 amide bonds. The average molecular weight is 203 g/mol. The summed E-state index contributed by atoms with van der Waals surface area (Å²) in [6.07, 6.45) is 3.65. The van der Waals surface area contributed by atoms with E-state index < -0.39 is 0 Å². The fraction of sp³-hybridized carbons (Fsp3) is 0.200. The molecule has 2 heterocycles. The molecule has 2 rings (SSSR count). The van der Waals surface area contributed by atoms with Crippen molar-refractivity contribution in [2.24, 2.45) is 7.05 Å². The molecule has 0 aliphatic carbocycles. The zero-order valence-electron chi connectivity index (χ0n) is 8.70. The number of nitrogens with zero attached hydrogens (tertiary/aromatic N) is 2. The Bertz CT molecular complexity index is 506. The molecular weight excluding hydrogens is 190 g/mol. The van der Waals surface area contributed by atoms with Gasteiger partial charge in [0.15, 0.2) is 0 Å². The first-order valence-electron chi connectivity index (χ1n) is 4.62. The molecule has 2 aromatic heterocycles. The molecule has 5 heteroatoms. The van der Waals surface area contributed by atoms with Crippen LogP contribution in [-0.2, 0) is 7.05 Å². The maximum Gasteiger partial charge on any atom is 0.110 e. The largest absolute Gasteiger partial charge is 0.385 e. The highest BCUT2D eigenvalue weighted by Crippen LogP contribution is 2.26. The van der Waals surface area contributed by atoms with Crippen molar-refractivity contribution in [1.29, 1.82) is 5.41 Å². The van der Waals surface area contributed by atoms with Crippen LogP contribution in [0.15, 0.2) is 18.5 Å². The highest BCUT2D eigenvalue weighted by Gasteiger charge is 2.14. The number of H-pyrrole nitrogens is 1. The van der Waals surface area contributed by atoms with Crippen molar-refractivity contribution in [3.63, 3.8) is 0 Å². The molecule has 78 valence electrons. The Hall–Kier alpha value is -2.04. The van der Waals surface area contributed by atoms with E-state index in [9.17, 15) is 0 Å². The minimum atomic E-state index is 0.439. The molecule has 4 N–H and O–H groups in total. The van der Waals surface area contributed by atoms with Crippen molar-refractivity contribution in [3.8, 4) is 11.3 Å². The van der Waals surface area contributed by atoms with E-state index in [2.05, 4.69) is 10.1 Å². The Balaban J connectivity index is 2.58. The number of hydrogen-bond donors (Lipinski definition) is 3. The van der Waals surface area contributed by atoms with Crippen LogP contribution in [-0.4, -0.2) is 20.5 Å².